The van der Waals surface area contributed by atoms with Crippen LogP contribution >= 0.6 is 0 Å². The highest BCUT2D eigenvalue weighted by Gasteiger charge is 2.15. The zero-order chi connectivity index (χ0) is 16.0. The fourth-order valence-corrected chi connectivity index (χ4v) is 3.47. The minimum absolute atomic E-state index is 0.958. The molecule has 0 atom stereocenters. The first-order chi connectivity index (χ1) is 11.2. The Balaban J connectivity index is 2.08. The van der Waals surface area contributed by atoms with Crippen molar-refractivity contribution in [2.75, 3.05) is 0 Å². The molecule has 0 N–H and O–H groups in total. The summed E-state index contributed by atoms with van der Waals surface area (Å²) < 4.78 is 6.21. The number of furan rings is 1. The summed E-state index contributed by atoms with van der Waals surface area (Å²) in [4.78, 5) is 0. The molecule has 0 aliphatic rings. The van der Waals surface area contributed by atoms with Crippen molar-refractivity contribution in [1.82, 2.24) is 0 Å². The van der Waals surface area contributed by atoms with Crippen LogP contribution in [0.1, 0.15) is 18.1 Å². The predicted octanol–water partition coefficient (Wildman–Crippen LogP) is 4.38. The smallest absolute Gasteiger partial charge is 0.139 e. The quantitative estimate of drug-likeness (QED) is 0.500. The lowest BCUT2D eigenvalue weighted by molar-refractivity contribution is 0.663. The van der Waals surface area contributed by atoms with E-state index in [2.05, 4.69) is 64.2 Å². The molecule has 0 saturated carbocycles. The Hall–Kier alpha value is -2.48. The van der Waals surface area contributed by atoms with E-state index < -0.39 is 0 Å². The number of hydrogen-bond acceptors (Lipinski definition) is 1. The summed E-state index contributed by atoms with van der Waals surface area (Å²) in [5.74, 6) is 0. The summed E-state index contributed by atoms with van der Waals surface area (Å²) in [5.41, 5.74) is 8.50. The molecule has 0 aliphatic carbocycles. The van der Waals surface area contributed by atoms with E-state index in [0.29, 0.717) is 0 Å². The van der Waals surface area contributed by atoms with Crippen LogP contribution in [-0.4, -0.2) is 7.85 Å². The Bertz CT molecular complexity index is 1030. The summed E-state index contributed by atoms with van der Waals surface area (Å²) in [6, 6.07) is 19.4. The van der Waals surface area contributed by atoms with Crippen LogP contribution in [0.5, 0.6) is 0 Å². The molecule has 3 aromatic carbocycles. The highest BCUT2D eigenvalue weighted by Crippen LogP contribution is 2.37. The normalized spacial score (nSPS) is 11.4. The summed E-state index contributed by atoms with van der Waals surface area (Å²) in [5, 5.41) is 2.41. The van der Waals surface area contributed by atoms with Gasteiger partial charge in [0.2, 0.25) is 0 Å². The largest absolute Gasteiger partial charge is 0.456 e. The molecule has 0 saturated heterocycles. The zero-order valence-electron chi connectivity index (χ0n) is 13.8. The molecule has 1 heterocycles. The number of rotatable bonds is 2. The number of benzene rings is 3. The van der Waals surface area contributed by atoms with Crippen LogP contribution < -0.4 is 5.46 Å². The third kappa shape index (κ3) is 2.17. The molecule has 1 aromatic heterocycles. The lowest BCUT2D eigenvalue weighted by Gasteiger charge is -2.12. The first kappa shape index (κ1) is 14.1. The van der Waals surface area contributed by atoms with E-state index >= 15 is 0 Å². The third-order valence-corrected chi connectivity index (χ3v) is 4.69. The van der Waals surface area contributed by atoms with Crippen LogP contribution in [0.25, 0.3) is 33.1 Å². The van der Waals surface area contributed by atoms with Crippen molar-refractivity contribution in [3.8, 4) is 11.1 Å². The number of para-hydroxylation sites is 1. The molecular formula is C21H19BO. The van der Waals surface area contributed by atoms with Crippen molar-refractivity contribution in [2.45, 2.75) is 20.3 Å². The second-order valence-electron chi connectivity index (χ2n) is 6.24. The van der Waals surface area contributed by atoms with Gasteiger partial charge >= 0.3 is 0 Å². The van der Waals surface area contributed by atoms with Gasteiger partial charge in [0.1, 0.15) is 19.0 Å². The molecular weight excluding hydrogens is 279 g/mol. The third-order valence-electron chi connectivity index (χ3n) is 4.69. The van der Waals surface area contributed by atoms with Crippen LogP contribution in [-0.2, 0) is 6.42 Å². The molecule has 4 aromatic rings. The average Bonchev–Trinajstić information content (AvgIpc) is 2.95. The Morgan fingerprint density at radius 2 is 1.74 bits per heavy atom. The van der Waals surface area contributed by atoms with Crippen molar-refractivity contribution in [3.05, 3.63) is 65.7 Å². The second-order valence-corrected chi connectivity index (χ2v) is 6.24. The Labute approximate surface area is 137 Å². The van der Waals surface area contributed by atoms with Gasteiger partial charge in [-0.05, 0) is 42.2 Å². The van der Waals surface area contributed by atoms with E-state index in [1.54, 1.807) is 0 Å². The minimum Gasteiger partial charge on any atom is -0.456 e. The van der Waals surface area contributed by atoms with Gasteiger partial charge in [0.25, 0.3) is 0 Å². The van der Waals surface area contributed by atoms with Gasteiger partial charge in [0, 0.05) is 16.3 Å². The molecule has 0 bridgehead atoms. The monoisotopic (exact) mass is 298 g/mol. The van der Waals surface area contributed by atoms with E-state index in [1.165, 1.54) is 38.5 Å². The van der Waals surface area contributed by atoms with Crippen LogP contribution in [0.3, 0.4) is 0 Å². The zero-order valence-corrected chi connectivity index (χ0v) is 13.8. The van der Waals surface area contributed by atoms with Gasteiger partial charge in [-0.15, -0.1) is 0 Å². The van der Waals surface area contributed by atoms with E-state index in [0.717, 1.165) is 17.6 Å². The van der Waals surface area contributed by atoms with Crippen LogP contribution in [0.4, 0.5) is 0 Å². The summed E-state index contributed by atoms with van der Waals surface area (Å²) in [6.07, 6.45) is 0.958. The van der Waals surface area contributed by atoms with Gasteiger partial charge in [-0.3, -0.25) is 0 Å². The molecule has 4 rings (SSSR count). The van der Waals surface area contributed by atoms with Gasteiger partial charge in [0.15, 0.2) is 0 Å². The van der Waals surface area contributed by atoms with E-state index in [1.807, 2.05) is 12.1 Å². The molecule has 112 valence electrons. The lowest BCUT2D eigenvalue weighted by atomic mass is 9.87. The topological polar surface area (TPSA) is 13.1 Å². The van der Waals surface area contributed by atoms with E-state index in [4.69, 9.17) is 4.42 Å². The van der Waals surface area contributed by atoms with Gasteiger partial charge in [-0.25, -0.2) is 0 Å². The fraction of sp³-hybridized carbons (Fsp3) is 0.143. The lowest BCUT2D eigenvalue weighted by Crippen LogP contribution is -2.03. The number of hydrogen-bond donors (Lipinski definition) is 0. The second kappa shape index (κ2) is 5.31. The predicted molar refractivity (Wildman–Crippen MR) is 101 cm³/mol. The fourth-order valence-electron chi connectivity index (χ4n) is 3.47. The highest BCUT2D eigenvalue weighted by atomic mass is 16.3. The van der Waals surface area contributed by atoms with Crippen molar-refractivity contribution < 1.29 is 4.42 Å². The minimum atomic E-state index is 0.958. The summed E-state index contributed by atoms with van der Waals surface area (Å²) in [7, 11) is 2.15. The van der Waals surface area contributed by atoms with Crippen molar-refractivity contribution in [3.63, 3.8) is 0 Å². The van der Waals surface area contributed by atoms with Crippen molar-refractivity contribution in [1.29, 1.82) is 0 Å². The van der Waals surface area contributed by atoms with Crippen LogP contribution in [0.2, 0.25) is 0 Å². The molecule has 0 aliphatic heterocycles. The Morgan fingerprint density at radius 1 is 0.913 bits per heavy atom. The average molecular weight is 298 g/mol. The van der Waals surface area contributed by atoms with E-state index in [-0.39, 0.29) is 0 Å². The molecule has 0 spiro atoms. The number of aryl methyl sites for hydroxylation is 2. The summed E-state index contributed by atoms with van der Waals surface area (Å²) in [6.45, 7) is 4.38. The van der Waals surface area contributed by atoms with E-state index in [9.17, 15) is 0 Å². The molecule has 23 heavy (non-hydrogen) atoms. The van der Waals surface area contributed by atoms with Gasteiger partial charge in [0.05, 0.1) is 0 Å². The van der Waals surface area contributed by atoms with Crippen LogP contribution in [0, 0.1) is 6.92 Å². The maximum atomic E-state index is 6.21. The molecule has 2 heteroatoms. The van der Waals surface area contributed by atoms with Crippen molar-refractivity contribution >= 4 is 35.2 Å². The maximum absolute atomic E-state index is 6.21. The summed E-state index contributed by atoms with van der Waals surface area (Å²) >= 11 is 0. The highest BCUT2D eigenvalue weighted by molar-refractivity contribution is 6.32. The first-order valence-electron chi connectivity index (χ1n) is 8.19. The number of fused-ring (bicyclic) bond motifs is 3. The maximum Gasteiger partial charge on any atom is 0.139 e. The molecule has 1 nitrogen and oxygen atoms in total. The molecule has 0 fully saturated rings. The standard InChI is InChI=1S/C21H19BO/c1-3-15-16(19-12-14(22)9-8-13(19)2)10-11-18-17-6-4-5-7-20(17)23-21(15)18/h4-12H,3,22H2,1-2H3. The van der Waals surface area contributed by atoms with Gasteiger partial charge < -0.3 is 4.42 Å². The Kier molecular flexibility index (Phi) is 3.26. The Morgan fingerprint density at radius 3 is 2.57 bits per heavy atom. The van der Waals surface area contributed by atoms with Crippen LogP contribution in [0.15, 0.2) is 59.0 Å². The van der Waals surface area contributed by atoms with Gasteiger partial charge in [-0.2, -0.15) is 0 Å². The van der Waals surface area contributed by atoms with Gasteiger partial charge in [-0.1, -0.05) is 54.9 Å². The first-order valence-corrected chi connectivity index (χ1v) is 8.19. The molecule has 0 amide bonds. The molecule has 0 radical (unpaired) electrons. The molecule has 0 unspecified atom stereocenters. The SMILES string of the molecule is Bc1ccc(C)c(-c2ccc3c(oc4ccccc43)c2CC)c1. The van der Waals surface area contributed by atoms with Crippen molar-refractivity contribution in [2.24, 2.45) is 0 Å².